The van der Waals surface area contributed by atoms with Gasteiger partial charge in [-0.05, 0) is 6.42 Å². The predicted octanol–water partition coefficient (Wildman–Crippen LogP) is 1.56. The lowest BCUT2D eigenvalue weighted by Crippen LogP contribution is -2.08. The van der Waals surface area contributed by atoms with E-state index in [2.05, 4.69) is 4.98 Å². The minimum absolute atomic E-state index is 0.369. The van der Waals surface area contributed by atoms with Gasteiger partial charge in [-0.2, -0.15) is 5.26 Å². The van der Waals surface area contributed by atoms with Crippen LogP contribution in [0.2, 0.25) is 0 Å². The number of hydrogen-bond acceptors (Lipinski definition) is 4. The van der Waals surface area contributed by atoms with Gasteiger partial charge < -0.3 is 9.32 Å². The lowest BCUT2D eigenvalue weighted by Gasteiger charge is -2.06. The number of hydrogen-bond donors (Lipinski definition) is 0. The molecule has 70 valence electrons. The zero-order valence-corrected chi connectivity index (χ0v) is 8.16. The van der Waals surface area contributed by atoms with Crippen LogP contribution in [0, 0.1) is 11.3 Å². The molecule has 0 amide bonds. The van der Waals surface area contributed by atoms with Crippen LogP contribution >= 0.6 is 0 Å². The van der Waals surface area contributed by atoms with Gasteiger partial charge in [-0.1, -0.05) is 6.92 Å². The Morgan fingerprint density at radius 3 is 2.62 bits per heavy atom. The maximum absolute atomic E-state index is 8.75. The zero-order valence-electron chi connectivity index (χ0n) is 8.16. The molecule has 1 rings (SSSR count). The SMILES string of the molecule is CCCc1nc(C#N)c(N(C)C)o1. The van der Waals surface area contributed by atoms with Crippen LogP contribution in [-0.4, -0.2) is 19.1 Å². The summed E-state index contributed by atoms with van der Waals surface area (Å²) in [5.41, 5.74) is 0.369. The molecule has 0 bridgehead atoms. The highest BCUT2D eigenvalue weighted by Gasteiger charge is 2.13. The van der Waals surface area contributed by atoms with E-state index in [1.807, 2.05) is 27.1 Å². The second kappa shape index (κ2) is 3.94. The second-order valence-corrected chi connectivity index (χ2v) is 3.02. The average Bonchev–Trinajstić information content (AvgIpc) is 2.48. The van der Waals surface area contributed by atoms with Crippen LogP contribution in [0.1, 0.15) is 24.9 Å². The first kappa shape index (κ1) is 9.59. The van der Waals surface area contributed by atoms with E-state index >= 15 is 0 Å². The summed E-state index contributed by atoms with van der Waals surface area (Å²) in [6.45, 7) is 2.05. The van der Waals surface area contributed by atoms with Gasteiger partial charge in [-0.3, -0.25) is 0 Å². The van der Waals surface area contributed by atoms with Crippen molar-refractivity contribution in [3.63, 3.8) is 0 Å². The molecule has 0 radical (unpaired) electrons. The van der Waals surface area contributed by atoms with E-state index in [4.69, 9.17) is 9.68 Å². The van der Waals surface area contributed by atoms with Crippen LogP contribution in [0.25, 0.3) is 0 Å². The monoisotopic (exact) mass is 179 g/mol. The molecule has 13 heavy (non-hydrogen) atoms. The third-order valence-electron chi connectivity index (χ3n) is 1.63. The summed E-state index contributed by atoms with van der Waals surface area (Å²) in [6, 6.07) is 2.01. The fraction of sp³-hybridized carbons (Fsp3) is 0.556. The van der Waals surface area contributed by atoms with Gasteiger partial charge in [-0.25, -0.2) is 4.98 Å². The molecule has 0 aliphatic heterocycles. The molecule has 4 nitrogen and oxygen atoms in total. The molecule has 1 aromatic rings. The van der Waals surface area contributed by atoms with Crippen molar-refractivity contribution < 1.29 is 4.42 Å². The summed E-state index contributed by atoms with van der Waals surface area (Å²) >= 11 is 0. The van der Waals surface area contributed by atoms with Crippen molar-refractivity contribution in [1.29, 1.82) is 5.26 Å². The van der Waals surface area contributed by atoms with Gasteiger partial charge in [0.2, 0.25) is 11.6 Å². The molecular weight excluding hydrogens is 166 g/mol. The van der Waals surface area contributed by atoms with Crippen LogP contribution in [-0.2, 0) is 6.42 Å². The normalized spacial score (nSPS) is 9.69. The summed E-state index contributed by atoms with van der Waals surface area (Å²) in [4.78, 5) is 5.82. The Morgan fingerprint density at radius 1 is 1.54 bits per heavy atom. The first-order chi connectivity index (χ1) is 6.19. The number of anilines is 1. The van der Waals surface area contributed by atoms with Crippen LogP contribution < -0.4 is 4.90 Å². The molecule has 4 heteroatoms. The minimum atomic E-state index is 0.369. The topological polar surface area (TPSA) is 53.1 Å². The molecule has 0 saturated heterocycles. The third-order valence-corrected chi connectivity index (χ3v) is 1.63. The summed E-state index contributed by atoms with van der Waals surface area (Å²) in [5.74, 6) is 1.19. The van der Waals surface area contributed by atoms with Crippen LogP contribution in [0.4, 0.5) is 5.88 Å². The van der Waals surface area contributed by atoms with E-state index in [1.165, 1.54) is 0 Å². The van der Waals surface area contributed by atoms with Crippen molar-refractivity contribution >= 4 is 5.88 Å². The maximum atomic E-state index is 8.75. The van der Waals surface area contributed by atoms with E-state index in [0.29, 0.717) is 17.5 Å². The summed E-state index contributed by atoms with van der Waals surface area (Å²) in [6.07, 6.45) is 1.75. The molecule has 0 unspecified atom stereocenters. The van der Waals surface area contributed by atoms with E-state index in [-0.39, 0.29) is 0 Å². The Labute approximate surface area is 77.8 Å². The van der Waals surface area contributed by atoms with Crippen LogP contribution in [0.15, 0.2) is 4.42 Å². The molecule has 1 aromatic heterocycles. The van der Waals surface area contributed by atoms with E-state index in [0.717, 1.165) is 12.8 Å². The highest BCUT2D eigenvalue weighted by molar-refractivity contribution is 5.46. The van der Waals surface area contributed by atoms with Gasteiger partial charge in [0.15, 0.2) is 5.89 Å². The van der Waals surface area contributed by atoms with Gasteiger partial charge >= 0.3 is 0 Å². The van der Waals surface area contributed by atoms with Crippen molar-refractivity contribution in [3.05, 3.63) is 11.6 Å². The maximum Gasteiger partial charge on any atom is 0.234 e. The quantitative estimate of drug-likeness (QED) is 0.706. The molecule has 0 N–H and O–H groups in total. The van der Waals surface area contributed by atoms with Gasteiger partial charge in [0.05, 0.1) is 0 Å². The number of nitriles is 1. The molecule has 0 aliphatic rings. The predicted molar refractivity (Wildman–Crippen MR) is 49.5 cm³/mol. The van der Waals surface area contributed by atoms with Crippen LogP contribution in [0.3, 0.4) is 0 Å². The van der Waals surface area contributed by atoms with Crippen molar-refractivity contribution in [2.45, 2.75) is 19.8 Å². The summed E-state index contributed by atoms with van der Waals surface area (Å²) in [7, 11) is 3.66. The lowest BCUT2D eigenvalue weighted by atomic mass is 10.3. The Hall–Kier alpha value is -1.50. The first-order valence-corrected chi connectivity index (χ1v) is 4.26. The molecule has 0 atom stereocenters. The zero-order chi connectivity index (χ0) is 9.84. The smallest absolute Gasteiger partial charge is 0.234 e. The molecular formula is C9H13N3O. The Bertz CT molecular complexity index is 322. The fourth-order valence-corrected chi connectivity index (χ4v) is 1.05. The molecule has 0 fully saturated rings. The van der Waals surface area contributed by atoms with Gasteiger partial charge in [0.25, 0.3) is 0 Å². The third kappa shape index (κ3) is 2.00. The van der Waals surface area contributed by atoms with E-state index in [1.54, 1.807) is 4.90 Å². The second-order valence-electron chi connectivity index (χ2n) is 3.02. The average molecular weight is 179 g/mol. The van der Waals surface area contributed by atoms with Gasteiger partial charge in [0, 0.05) is 20.5 Å². The Balaban J connectivity index is 2.99. The first-order valence-electron chi connectivity index (χ1n) is 4.26. The van der Waals surface area contributed by atoms with Crippen molar-refractivity contribution in [2.75, 3.05) is 19.0 Å². The number of aryl methyl sites for hydroxylation is 1. The number of rotatable bonds is 3. The molecule has 0 saturated carbocycles. The van der Waals surface area contributed by atoms with Gasteiger partial charge in [-0.15, -0.1) is 0 Å². The largest absolute Gasteiger partial charge is 0.424 e. The minimum Gasteiger partial charge on any atom is -0.424 e. The van der Waals surface area contributed by atoms with E-state index in [9.17, 15) is 0 Å². The summed E-state index contributed by atoms with van der Waals surface area (Å²) in [5, 5.41) is 8.75. The van der Waals surface area contributed by atoms with Crippen molar-refractivity contribution in [1.82, 2.24) is 4.98 Å². The van der Waals surface area contributed by atoms with Crippen LogP contribution in [0.5, 0.6) is 0 Å². The number of aromatic nitrogens is 1. The Kier molecular flexibility index (Phi) is 2.91. The molecule has 0 spiro atoms. The standard InChI is InChI=1S/C9H13N3O/c1-4-5-8-11-7(6-10)9(13-8)12(2)3/h4-5H2,1-3H3. The number of oxazole rings is 1. The molecule has 1 heterocycles. The van der Waals surface area contributed by atoms with Crippen molar-refractivity contribution in [3.8, 4) is 6.07 Å². The fourth-order valence-electron chi connectivity index (χ4n) is 1.05. The van der Waals surface area contributed by atoms with Gasteiger partial charge in [0.1, 0.15) is 6.07 Å². The summed E-state index contributed by atoms with van der Waals surface area (Å²) < 4.78 is 5.40. The number of nitrogens with zero attached hydrogens (tertiary/aromatic N) is 3. The highest BCUT2D eigenvalue weighted by Crippen LogP contribution is 2.19. The van der Waals surface area contributed by atoms with Crippen molar-refractivity contribution in [2.24, 2.45) is 0 Å². The molecule has 0 aliphatic carbocycles. The molecule has 0 aromatic carbocycles. The lowest BCUT2D eigenvalue weighted by molar-refractivity contribution is 0.493. The van der Waals surface area contributed by atoms with E-state index < -0.39 is 0 Å². The highest BCUT2D eigenvalue weighted by atomic mass is 16.4. The Morgan fingerprint density at radius 2 is 2.23 bits per heavy atom.